The summed E-state index contributed by atoms with van der Waals surface area (Å²) in [4.78, 5) is 30.1. The summed E-state index contributed by atoms with van der Waals surface area (Å²) in [6.45, 7) is 4.09. The highest BCUT2D eigenvalue weighted by molar-refractivity contribution is 7.99. The summed E-state index contributed by atoms with van der Waals surface area (Å²) in [7, 11) is 0. The van der Waals surface area contributed by atoms with Crippen LogP contribution in [0.4, 0.5) is 4.39 Å². The van der Waals surface area contributed by atoms with Crippen LogP contribution in [-0.2, 0) is 11.3 Å². The van der Waals surface area contributed by atoms with Gasteiger partial charge in [-0.25, -0.2) is 9.37 Å². The molecule has 0 radical (unpaired) electrons. The molecule has 0 fully saturated rings. The molecule has 1 amide bonds. The normalized spacial score (nSPS) is 11.1. The highest BCUT2D eigenvalue weighted by atomic mass is 32.2. The minimum absolute atomic E-state index is 0.105. The van der Waals surface area contributed by atoms with Crippen LogP contribution in [0.5, 0.6) is 0 Å². The average molecular weight is 454 g/mol. The van der Waals surface area contributed by atoms with Crippen LogP contribution >= 0.6 is 23.1 Å². The second-order valence-electron chi connectivity index (χ2n) is 7.15. The van der Waals surface area contributed by atoms with Gasteiger partial charge in [0.15, 0.2) is 5.16 Å². The number of hydrogen-bond acceptors (Lipinski definition) is 5. The molecule has 0 aliphatic rings. The fourth-order valence-electron chi connectivity index (χ4n) is 3.07. The van der Waals surface area contributed by atoms with E-state index >= 15 is 0 Å². The van der Waals surface area contributed by atoms with E-state index in [1.807, 2.05) is 36.6 Å². The Morgan fingerprint density at radius 3 is 2.68 bits per heavy atom. The van der Waals surface area contributed by atoms with Crippen LogP contribution in [-0.4, -0.2) is 21.2 Å². The zero-order chi connectivity index (χ0) is 22.0. The molecule has 5 nitrogen and oxygen atoms in total. The molecule has 0 saturated carbocycles. The molecule has 4 aromatic rings. The van der Waals surface area contributed by atoms with Crippen LogP contribution in [0.3, 0.4) is 0 Å². The molecule has 0 spiro atoms. The maximum Gasteiger partial charge on any atom is 0.276 e. The van der Waals surface area contributed by atoms with Gasteiger partial charge in [0.2, 0.25) is 5.91 Å². The third-order valence-electron chi connectivity index (χ3n) is 4.79. The van der Waals surface area contributed by atoms with E-state index in [0.29, 0.717) is 33.2 Å². The van der Waals surface area contributed by atoms with E-state index in [4.69, 9.17) is 0 Å². The monoisotopic (exact) mass is 453 g/mol. The number of thioether (sulfide) groups is 1. The summed E-state index contributed by atoms with van der Waals surface area (Å²) < 4.78 is 15.7. The van der Waals surface area contributed by atoms with Crippen LogP contribution < -0.4 is 10.9 Å². The van der Waals surface area contributed by atoms with E-state index in [0.717, 1.165) is 11.1 Å². The molecular formula is C23H20FN3O2S2. The van der Waals surface area contributed by atoms with Gasteiger partial charge < -0.3 is 5.32 Å². The van der Waals surface area contributed by atoms with Gasteiger partial charge in [0.25, 0.3) is 5.56 Å². The minimum atomic E-state index is -0.341. The lowest BCUT2D eigenvalue weighted by Crippen LogP contribution is -2.26. The molecule has 8 heteroatoms. The van der Waals surface area contributed by atoms with Crippen LogP contribution in [0.25, 0.3) is 15.9 Å². The number of carbonyl (C=O) groups excluding carboxylic acids is 1. The zero-order valence-electron chi connectivity index (χ0n) is 17.0. The number of hydrogen-bond donors (Lipinski definition) is 1. The molecule has 2 heterocycles. The Balaban J connectivity index is 1.57. The number of carbonyl (C=O) groups is 1. The molecule has 0 saturated heterocycles. The lowest BCUT2D eigenvalue weighted by Gasteiger charge is -2.13. The first-order chi connectivity index (χ1) is 14.9. The van der Waals surface area contributed by atoms with E-state index in [2.05, 4.69) is 10.3 Å². The van der Waals surface area contributed by atoms with Gasteiger partial charge in [0.1, 0.15) is 10.5 Å². The van der Waals surface area contributed by atoms with Crippen molar-refractivity contribution in [3.05, 3.63) is 86.8 Å². The first-order valence-corrected chi connectivity index (χ1v) is 11.5. The van der Waals surface area contributed by atoms with Gasteiger partial charge in [-0.05, 0) is 54.6 Å². The number of amides is 1. The van der Waals surface area contributed by atoms with Gasteiger partial charge >= 0.3 is 0 Å². The van der Waals surface area contributed by atoms with Gasteiger partial charge in [-0.15, -0.1) is 11.3 Å². The summed E-state index contributed by atoms with van der Waals surface area (Å²) in [6, 6.07) is 14.2. The first-order valence-electron chi connectivity index (χ1n) is 9.64. The fraction of sp³-hybridized carbons (Fsp3) is 0.174. The lowest BCUT2D eigenvalue weighted by atomic mass is 10.1. The Morgan fingerprint density at radius 2 is 1.94 bits per heavy atom. The Kier molecular flexibility index (Phi) is 6.20. The number of benzene rings is 2. The van der Waals surface area contributed by atoms with E-state index < -0.39 is 0 Å². The smallest absolute Gasteiger partial charge is 0.276 e. The van der Waals surface area contributed by atoms with Crippen molar-refractivity contribution in [1.82, 2.24) is 14.9 Å². The summed E-state index contributed by atoms with van der Waals surface area (Å²) in [5, 5.41) is 5.09. The molecule has 0 unspecified atom stereocenters. The molecule has 0 aliphatic heterocycles. The molecule has 31 heavy (non-hydrogen) atoms. The highest BCUT2D eigenvalue weighted by Crippen LogP contribution is 2.24. The Morgan fingerprint density at radius 1 is 1.16 bits per heavy atom. The maximum atomic E-state index is 13.8. The molecule has 4 rings (SSSR count). The van der Waals surface area contributed by atoms with Crippen molar-refractivity contribution in [1.29, 1.82) is 0 Å². The van der Waals surface area contributed by atoms with Crippen LogP contribution in [0.1, 0.15) is 16.7 Å². The number of aromatic nitrogens is 2. The second kappa shape index (κ2) is 9.03. The third-order valence-corrected chi connectivity index (χ3v) is 6.62. The number of fused-ring (bicyclic) bond motifs is 1. The Hall–Kier alpha value is -2.97. The Labute approximate surface area is 187 Å². The Bertz CT molecular complexity index is 1310. The number of nitrogens with one attached hydrogen (secondary N) is 1. The largest absolute Gasteiger partial charge is 0.351 e. The van der Waals surface area contributed by atoms with Crippen molar-refractivity contribution in [2.24, 2.45) is 0 Å². The number of thiophene rings is 1. The average Bonchev–Trinajstić information content (AvgIpc) is 3.23. The van der Waals surface area contributed by atoms with Crippen molar-refractivity contribution < 1.29 is 9.18 Å². The van der Waals surface area contributed by atoms with Crippen LogP contribution in [0, 0.1) is 19.7 Å². The SMILES string of the molecule is Cc1ccc(CNC(=O)CSc2nc3ccsc3c(=O)n2-c2ccc(F)c(C)c2)cc1. The predicted molar refractivity (Wildman–Crippen MR) is 124 cm³/mol. The number of halogens is 1. The standard InChI is InChI=1S/C23H20FN3O2S2/c1-14-3-5-16(6-4-14)12-25-20(28)13-31-23-26-19-9-10-30-21(19)22(29)27(23)17-7-8-18(24)15(2)11-17/h3-11H,12-13H2,1-2H3,(H,25,28). The maximum absolute atomic E-state index is 13.8. The van der Waals surface area contributed by atoms with Crippen molar-refractivity contribution >= 4 is 39.2 Å². The molecule has 0 atom stereocenters. The summed E-state index contributed by atoms with van der Waals surface area (Å²) in [6.07, 6.45) is 0. The van der Waals surface area contributed by atoms with Crippen molar-refractivity contribution in [3.8, 4) is 5.69 Å². The van der Waals surface area contributed by atoms with E-state index in [9.17, 15) is 14.0 Å². The van der Waals surface area contributed by atoms with Gasteiger partial charge in [-0.1, -0.05) is 41.6 Å². The molecule has 0 aliphatic carbocycles. The first kappa shape index (κ1) is 21.3. The van der Waals surface area contributed by atoms with Crippen LogP contribution in [0.15, 0.2) is 63.9 Å². The topological polar surface area (TPSA) is 64.0 Å². The van der Waals surface area contributed by atoms with Gasteiger partial charge in [0, 0.05) is 6.54 Å². The molecule has 1 N–H and O–H groups in total. The number of nitrogens with zero attached hydrogens (tertiary/aromatic N) is 2. The molecular weight excluding hydrogens is 433 g/mol. The van der Waals surface area contributed by atoms with Crippen molar-refractivity contribution in [2.45, 2.75) is 25.5 Å². The fourth-order valence-corrected chi connectivity index (χ4v) is 4.67. The third kappa shape index (κ3) is 4.70. The minimum Gasteiger partial charge on any atom is -0.351 e. The van der Waals surface area contributed by atoms with E-state index in [-0.39, 0.29) is 23.0 Å². The summed E-state index contributed by atoms with van der Waals surface area (Å²) in [5.74, 6) is -0.396. The molecule has 0 bridgehead atoms. The summed E-state index contributed by atoms with van der Waals surface area (Å²) in [5.41, 5.74) is 3.49. The molecule has 2 aromatic heterocycles. The van der Waals surface area contributed by atoms with Gasteiger partial charge in [0.05, 0.1) is 17.0 Å². The number of aryl methyl sites for hydroxylation is 2. The summed E-state index contributed by atoms with van der Waals surface area (Å²) >= 11 is 2.49. The lowest BCUT2D eigenvalue weighted by molar-refractivity contribution is -0.118. The van der Waals surface area contributed by atoms with Gasteiger partial charge in [-0.3, -0.25) is 14.2 Å². The predicted octanol–water partition coefficient (Wildman–Crippen LogP) is 4.61. The highest BCUT2D eigenvalue weighted by Gasteiger charge is 2.16. The number of rotatable bonds is 6. The molecule has 158 valence electrons. The van der Waals surface area contributed by atoms with Crippen molar-refractivity contribution in [3.63, 3.8) is 0 Å². The second-order valence-corrected chi connectivity index (χ2v) is 9.01. The van der Waals surface area contributed by atoms with Crippen LogP contribution in [0.2, 0.25) is 0 Å². The molecule has 2 aromatic carbocycles. The van der Waals surface area contributed by atoms with E-state index in [1.54, 1.807) is 25.1 Å². The van der Waals surface area contributed by atoms with Crippen molar-refractivity contribution in [2.75, 3.05) is 5.75 Å². The zero-order valence-corrected chi connectivity index (χ0v) is 18.6. The van der Waals surface area contributed by atoms with E-state index in [1.165, 1.54) is 33.7 Å². The van der Waals surface area contributed by atoms with Gasteiger partial charge in [-0.2, -0.15) is 0 Å². The quantitative estimate of drug-likeness (QED) is 0.342.